The highest BCUT2D eigenvalue weighted by atomic mass is 16.5. The molecule has 2 heterocycles. The molecule has 0 aliphatic heterocycles. The van der Waals surface area contributed by atoms with Gasteiger partial charge in [0.05, 0.1) is 5.41 Å². The fourth-order valence-electron chi connectivity index (χ4n) is 3.71. The highest BCUT2D eigenvalue weighted by Gasteiger charge is 2.42. The molecule has 1 aliphatic rings. The van der Waals surface area contributed by atoms with E-state index in [1.807, 2.05) is 32.3 Å². The van der Waals surface area contributed by atoms with Gasteiger partial charge >= 0.3 is 0 Å². The first-order chi connectivity index (χ1) is 14.0. The summed E-state index contributed by atoms with van der Waals surface area (Å²) in [6.45, 7) is 1.17. The van der Waals surface area contributed by atoms with Crippen molar-refractivity contribution >= 4 is 11.9 Å². The maximum atomic E-state index is 12.7. The quantitative estimate of drug-likeness (QED) is 0.536. The lowest BCUT2D eigenvalue weighted by Gasteiger charge is -2.31. The molecule has 156 valence electrons. The van der Waals surface area contributed by atoms with E-state index in [-0.39, 0.29) is 11.3 Å². The number of hydrogen-bond acceptors (Lipinski definition) is 6. The van der Waals surface area contributed by atoms with Crippen LogP contribution in [0, 0.1) is 5.41 Å². The SMILES string of the molecule is CN=C(NCCc1noc(-c2ccccn2)n1)NCC1(C(=O)N(C)C)CCCC1. The van der Waals surface area contributed by atoms with Gasteiger partial charge in [-0.2, -0.15) is 4.98 Å². The summed E-state index contributed by atoms with van der Waals surface area (Å²) in [5.41, 5.74) is 0.316. The second-order valence-corrected chi connectivity index (χ2v) is 7.52. The molecule has 1 amide bonds. The van der Waals surface area contributed by atoms with E-state index in [0.29, 0.717) is 42.9 Å². The second-order valence-electron chi connectivity index (χ2n) is 7.52. The molecular formula is C20H29N7O2. The largest absolute Gasteiger partial charge is 0.356 e. The molecule has 9 heteroatoms. The molecule has 0 atom stereocenters. The molecule has 1 aliphatic carbocycles. The van der Waals surface area contributed by atoms with E-state index in [4.69, 9.17) is 4.52 Å². The Morgan fingerprint density at radius 3 is 2.72 bits per heavy atom. The lowest BCUT2D eigenvalue weighted by atomic mass is 9.84. The van der Waals surface area contributed by atoms with Gasteiger partial charge in [0.2, 0.25) is 5.91 Å². The predicted molar refractivity (Wildman–Crippen MR) is 110 cm³/mol. The number of nitrogens with zero attached hydrogens (tertiary/aromatic N) is 5. The molecule has 0 bridgehead atoms. The van der Waals surface area contributed by atoms with E-state index in [1.165, 1.54) is 0 Å². The summed E-state index contributed by atoms with van der Waals surface area (Å²) in [7, 11) is 5.36. The number of nitrogens with one attached hydrogen (secondary N) is 2. The number of aromatic nitrogens is 3. The number of amides is 1. The minimum atomic E-state index is -0.341. The molecule has 9 nitrogen and oxygen atoms in total. The van der Waals surface area contributed by atoms with Gasteiger partial charge in [-0.15, -0.1) is 0 Å². The number of carbonyl (C=O) groups is 1. The highest BCUT2D eigenvalue weighted by Crippen LogP contribution is 2.38. The Balaban J connectivity index is 1.50. The number of hydrogen-bond donors (Lipinski definition) is 2. The summed E-state index contributed by atoms with van der Waals surface area (Å²) in [5, 5.41) is 10.6. The fourth-order valence-corrected chi connectivity index (χ4v) is 3.71. The highest BCUT2D eigenvalue weighted by molar-refractivity contribution is 5.85. The standard InChI is InChI=1S/C20H29N7O2/c1-21-19(24-14-20(10-5-6-11-20)18(28)27(2)3)23-13-9-16-25-17(29-26-16)15-8-4-7-12-22-15/h4,7-8,12H,5-6,9-11,13-14H2,1-3H3,(H2,21,23,24). The Kier molecular flexibility index (Phi) is 6.79. The maximum Gasteiger partial charge on any atom is 0.276 e. The third-order valence-corrected chi connectivity index (χ3v) is 5.23. The van der Waals surface area contributed by atoms with Gasteiger partial charge in [0.15, 0.2) is 11.8 Å². The van der Waals surface area contributed by atoms with Crippen molar-refractivity contribution < 1.29 is 9.32 Å². The molecule has 3 rings (SSSR count). The minimum Gasteiger partial charge on any atom is -0.356 e. The van der Waals surface area contributed by atoms with Crippen molar-refractivity contribution in [3.63, 3.8) is 0 Å². The smallest absolute Gasteiger partial charge is 0.276 e. The molecule has 0 spiro atoms. The summed E-state index contributed by atoms with van der Waals surface area (Å²) in [6.07, 6.45) is 6.27. The van der Waals surface area contributed by atoms with Crippen LogP contribution in [0.3, 0.4) is 0 Å². The number of rotatable bonds is 7. The molecule has 0 aromatic carbocycles. The van der Waals surface area contributed by atoms with Gasteiger partial charge in [0, 0.05) is 46.9 Å². The molecule has 2 aromatic heterocycles. The zero-order chi connectivity index (χ0) is 20.7. The van der Waals surface area contributed by atoms with Crippen LogP contribution >= 0.6 is 0 Å². The third kappa shape index (κ3) is 5.10. The zero-order valence-electron chi connectivity index (χ0n) is 17.3. The predicted octanol–water partition coefficient (Wildman–Crippen LogP) is 1.49. The monoisotopic (exact) mass is 399 g/mol. The van der Waals surface area contributed by atoms with Crippen molar-refractivity contribution in [1.29, 1.82) is 0 Å². The molecule has 1 fully saturated rings. The van der Waals surface area contributed by atoms with Crippen LogP contribution in [0.5, 0.6) is 0 Å². The van der Waals surface area contributed by atoms with E-state index in [0.717, 1.165) is 25.7 Å². The summed E-state index contributed by atoms with van der Waals surface area (Å²) < 4.78 is 5.27. The third-order valence-electron chi connectivity index (χ3n) is 5.23. The molecule has 29 heavy (non-hydrogen) atoms. The number of aliphatic imine (C=N–C) groups is 1. The van der Waals surface area contributed by atoms with Crippen molar-refractivity contribution in [3.8, 4) is 11.6 Å². The van der Waals surface area contributed by atoms with Crippen LogP contribution in [0.15, 0.2) is 33.9 Å². The first-order valence-electron chi connectivity index (χ1n) is 9.94. The van der Waals surface area contributed by atoms with Crippen molar-refractivity contribution in [2.75, 3.05) is 34.2 Å². The van der Waals surface area contributed by atoms with E-state index in [2.05, 4.69) is 30.8 Å². The Morgan fingerprint density at radius 2 is 2.07 bits per heavy atom. The maximum absolute atomic E-state index is 12.7. The van der Waals surface area contributed by atoms with Crippen LogP contribution < -0.4 is 10.6 Å². The fraction of sp³-hybridized carbons (Fsp3) is 0.550. The average Bonchev–Trinajstić information content (AvgIpc) is 3.41. The van der Waals surface area contributed by atoms with Crippen molar-refractivity contribution in [1.82, 2.24) is 30.7 Å². The van der Waals surface area contributed by atoms with Crippen LogP contribution in [0.4, 0.5) is 0 Å². The molecule has 0 unspecified atom stereocenters. The Hall–Kier alpha value is -2.97. The molecular weight excluding hydrogens is 370 g/mol. The summed E-state index contributed by atoms with van der Waals surface area (Å²) in [4.78, 5) is 27.2. The Bertz CT molecular complexity index is 826. The Labute approximate surface area is 171 Å². The number of pyridine rings is 1. The van der Waals surface area contributed by atoms with Gasteiger partial charge in [0.1, 0.15) is 5.69 Å². The Morgan fingerprint density at radius 1 is 1.28 bits per heavy atom. The first-order valence-corrected chi connectivity index (χ1v) is 9.94. The molecule has 2 aromatic rings. The first kappa shape index (κ1) is 20.8. The van der Waals surface area contributed by atoms with Gasteiger partial charge < -0.3 is 20.1 Å². The number of carbonyl (C=O) groups excluding carboxylic acids is 1. The van der Waals surface area contributed by atoms with Gasteiger partial charge in [-0.05, 0) is 25.0 Å². The van der Waals surface area contributed by atoms with E-state index < -0.39 is 0 Å². The van der Waals surface area contributed by atoms with Gasteiger partial charge in [-0.25, -0.2) is 0 Å². The van der Waals surface area contributed by atoms with Crippen LogP contribution in [-0.2, 0) is 11.2 Å². The van der Waals surface area contributed by atoms with Gasteiger partial charge in [0.25, 0.3) is 5.89 Å². The van der Waals surface area contributed by atoms with Gasteiger partial charge in [-0.3, -0.25) is 14.8 Å². The number of guanidine groups is 1. The van der Waals surface area contributed by atoms with Gasteiger partial charge in [-0.1, -0.05) is 24.1 Å². The lowest BCUT2D eigenvalue weighted by Crippen LogP contribution is -2.49. The van der Waals surface area contributed by atoms with Crippen molar-refractivity contribution in [2.24, 2.45) is 10.4 Å². The lowest BCUT2D eigenvalue weighted by molar-refractivity contribution is -0.138. The normalized spacial score (nSPS) is 15.9. The molecule has 2 N–H and O–H groups in total. The van der Waals surface area contributed by atoms with Crippen LogP contribution in [0.1, 0.15) is 31.5 Å². The topological polar surface area (TPSA) is 109 Å². The van der Waals surface area contributed by atoms with Crippen LogP contribution in [0.25, 0.3) is 11.6 Å². The van der Waals surface area contributed by atoms with Crippen LogP contribution in [0.2, 0.25) is 0 Å². The molecule has 0 radical (unpaired) electrons. The van der Waals surface area contributed by atoms with Crippen LogP contribution in [-0.4, -0.2) is 66.1 Å². The van der Waals surface area contributed by atoms with Crippen molar-refractivity contribution in [2.45, 2.75) is 32.1 Å². The summed E-state index contributed by atoms with van der Waals surface area (Å²) in [6, 6.07) is 5.54. The minimum absolute atomic E-state index is 0.187. The molecule has 0 saturated heterocycles. The summed E-state index contributed by atoms with van der Waals surface area (Å²) >= 11 is 0. The molecule has 1 saturated carbocycles. The van der Waals surface area contributed by atoms with E-state index >= 15 is 0 Å². The van der Waals surface area contributed by atoms with Crippen molar-refractivity contribution in [3.05, 3.63) is 30.2 Å². The second kappa shape index (κ2) is 9.49. The summed E-state index contributed by atoms with van der Waals surface area (Å²) in [5.74, 6) is 1.86. The zero-order valence-corrected chi connectivity index (χ0v) is 17.3. The average molecular weight is 399 g/mol. The van der Waals surface area contributed by atoms with E-state index in [9.17, 15) is 4.79 Å². The van der Waals surface area contributed by atoms with E-state index in [1.54, 1.807) is 18.1 Å².